The molecule has 0 atom stereocenters. The van der Waals surface area contributed by atoms with Crippen LogP contribution in [0.3, 0.4) is 0 Å². The summed E-state index contributed by atoms with van der Waals surface area (Å²) in [7, 11) is 0. The number of carbonyl (C=O) groups is 2. The van der Waals surface area contributed by atoms with Crippen LogP contribution in [0.2, 0.25) is 5.02 Å². The summed E-state index contributed by atoms with van der Waals surface area (Å²) in [5.41, 5.74) is 4.12. The second-order valence-electron chi connectivity index (χ2n) is 5.50. The number of primary amides is 1. The number of carbonyl (C=O) groups excluding carboxylic acids is 2. The number of ether oxygens (including phenoxy) is 1. The van der Waals surface area contributed by atoms with E-state index in [1.165, 1.54) is 16.7 Å². The van der Waals surface area contributed by atoms with Crippen LogP contribution in [-0.4, -0.2) is 16.8 Å². The zero-order chi connectivity index (χ0) is 20.3. The van der Waals surface area contributed by atoms with Crippen molar-refractivity contribution in [1.29, 1.82) is 0 Å². The Kier molecular flexibility index (Phi) is 5.86. The molecule has 3 aromatic rings. The van der Waals surface area contributed by atoms with Crippen molar-refractivity contribution in [2.24, 2.45) is 5.73 Å². The molecular formula is C18H12ClF2N3O3S. The number of hydrogen-bond acceptors (Lipinski definition) is 5. The summed E-state index contributed by atoms with van der Waals surface area (Å²) in [6.07, 6.45) is 0. The maximum atomic E-state index is 13.9. The van der Waals surface area contributed by atoms with Gasteiger partial charge in [-0.25, -0.2) is 13.8 Å². The fourth-order valence-corrected chi connectivity index (χ4v) is 2.99. The van der Waals surface area contributed by atoms with Crippen LogP contribution in [0.25, 0.3) is 0 Å². The summed E-state index contributed by atoms with van der Waals surface area (Å²) in [4.78, 5) is 27.5. The molecule has 1 aromatic heterocycles. The van der Waals surface area contributed by atoms with Gasteiger partial charge in [0.25, 0.3) is 11.8 Å². The Morgan fingerprint density at radius 2 is 1.89 bits per heavy atom. The monoisotopic (exact) mass is 423 g/mol. The van der Waals surface area contributed by atoms with E-state index in [9.17, 15) is 18.4 Å². The first-order valence-electron chi connectivity index (χ1n) is 7.76. The summed E-state index contributed by atoms with van der Waals surface area (Å²) in [6, 6.07) is 8.04. The highest BCUT2D eigenvalue weighted by atomic mass is 35.5. The zero-order valence-corrected chi connectivity index (χ0v) is 15.6. The van der Waals surface area contributed by atoms with Gasteiger partial charge in [-0.15, -0.1) is 11.3 Å². The van der Waals surface area contributed by atoms with E-state index in [0.29, 0.717) is 21.8 Å². The molecule has 0 radical (unpaired) electrons. The molecule has 6 nitrogen and oxygen atoms in total. The van der Waals surface area contributed by atoms with Crippen LogP contribution >= 0.6 is 22.9 Å². The molecule has 0 fully saturated rings. The minimum atomic E-state index is -1.11. The van der Waals surface area contributed by atoms with Crippen molar-refractivity contribution < 1.29 is 23.1 Å². The highest BCUT2D eigenvalue weighted by molar-refractivity contribution is 7.09. The average molecular weight is 424 g/mol. The van der Waals surface area contributed by atoms with Crippen molar-refractivity contribution >= 4 is 40.4 Å². The highest BCUT2D eigenvalue weighted by Gasteiger charge is 2.18. The van der Waals surface area contributed by atoms with Crippen molar-refractivity contribution in [3.63, 3.8) is 0 Å². The molecule has 2 aromatic carbocycles. The van der Waals surface area contributed by atoms with Gasteiger partial charge in [0.15, 0.2) is 0 Å². The molecule has 1 heterocycles. The average Bonchev–Trinajstić information content (AvgIpc) is 3.12. The zero-order valence-electron chi connectivity index (χ0n) is 14.0. The number of nitrogens with one attached hydrogen (secondary N) is 1. The van der Waals surface area contributed by atoms with Crippen molar-refractivity contribution in [2.45, 2.75) is 6.61 Å². The molecular weight excluding hydrogens is 412 g/mol. The Hall–Kier alpha value is -3.04. The summed E-state index contributed by atoms with van der Waals surface area (Å²) >= 11 is 6.97. The van der Waals surface area contributed by atoms with Gasteiger partial charge < -0.3 is 15.8 Å². The van der Waals surface area contributed by atoms with Gasteiger partial charge in [-0.05, 0) is 30.3 Å². The van der Waals surface area contributed by atoms with Gasteiger partial charge >= 0.3 is 0 Å². The molecule has 0 unspecified atom stereocenters. The van der Waals surface area contributed by atoms with Crippen molar-refractivity contribution in [1.82, 2.24) is 4.98 Å². The molecule has 0 bridgehead atoms. The predicted molar refractivity (Wildman–Crippen MR) is 101 cm³/mol. The van der Waals surface area contributed by atoms with Gasteiger partial charge in [-0.1, -0.05) is 11.6 Å². The summed E-state index contributed by atoms with van der Waals surface area (Å²) in [5, 5.41) is 4.80. The summed E-state index contributed by atoms with van der Waals surface area (Å²) in [6.45, 7) is 0.121. The second-order valence-corrected chi connectivity index (χ2v) is 6.88. The lowest BCUT2D eigenvalue weighted by Gasteiger charge is -2.07. The third-order valence-corrected chi connectivity index (χ3v) is 4.61. The number of halogens is 3. The van der Waals surface area contributed by atoms with Crippen molar-refractivity contribution in [3.05, 3.63) is 74.7 Å². The first-order chi connectivity index (χ1) is 13.3. The van der Waals surface area contributed by atoms with Crippen LogP contribution in [0, 0.1) is 11.6 Å². The SMILES string of the molecule is NC(=O)c1cc(NC(=O)c2csc(COc3ccc(Cl)cc3)n2)c(F)cc1F. The van der Waals surface area contributed by atoms with Crippen LogP contribution in [0.5, 0.6) is 5.75 Å². The van der Waals surface area contributed by atoms with Crippen molar-refractivity contribution in [2.75, 3.05) is 5.32 Å². The number of nitrogens with zero attached hydrogens (tertiary/aromatic N) is 1. The number of nitrogens with two attached hydrogens (primary N) is 1. The lowest BCUT2D eigenvalue weighted by molar-refractivity contribution is 0.0992. The number of hydrogen-bond donors (Lipinski definition) is 2. The van der Waals surface area contributed by atoms with E-state index in [4.69, 9.17) is 22.1 Å². The molecule has 10 heteroatoms. The molecule has 0 aliphatic carbocycles. The smallest absolute Gasteiger partial charge is 0.275 e. The fourth-order valence-electron chi connectivity index (χ4n) is 2.18. The van der Waals surface area contributed by atoms with E-state index in [0.717, 1.165) is 6.07 Å². The topological polar surface area (TPSA) is 94.3 Å². The quantitative estimate of drug-likeness (QED) is 0.626. The molecule has 0 spiro atoms. The summed E-state index contributed by atoms with van der Waals surface area (Å²) in [5.74, 6) is -3.38. The van der Waals surface area contributed by atoms with Crippen LogP contribution in [0.15, 0.2) is 41.8 Å². The number of aromatic nitrogens is 1. The Morgan fingerprint density at radius 3 is 2.57 bits per heavy atom. The van der Waals surface area contributed by atoms with Gasteiger partial charge in [0.2, 0.25) is 0 Å². The maximum Gasteiger partial charge on any atom is 0.275 e. The van der Waals surface area contributed by atoms with Gasteiger partial charge in [0, 0.05) is 16.5 Å². The molecule has 0 aliphatic heterocycles. The number of rotatable bonds is 6. The van der Waals surface area contributed by atoms with E-state index in [1.54, 1.807) is 24.3 Å². The van der Waals surface area contributed by atoms with Gasteiger partial charge in [0.1, 0.15) is 34.7 Å². The van der Waals surface area contributed by atoms with Gasteiger partial charge in [-0.3, -0.25) is 9.59 Å². The number of benzene rings is 2. The Labute approximate surface area is 166 Å². The highest BCUT2D eigenvalue weighted by Crippen LogP contribution is 2.21. The van der Waals surface area contributed by atoms with Gasteiger partial charge in [-0.2, -0.15) is 0 Å². The molecule has 3 rings (SSSR count). The van der Waals surface area contributed by atoms with E-state index in [2.05, 4.69) is 10.3 Å². The molecule has 144 valence electrons. The lowest BCUT2D eigenvalue weighted by Crippen LogP contribution is -2.17. The van der Waals surface area contributed by atoms with Crippen LogP contribution in [0.1, 0.15) is 25.9 Å². The van der Waals surface area contributed by atoms with E-state index >= 15 is 0 Å². The molecule has 0 aliphatic rings. The maximum absolute atomic E-state index is 13.9. The standard InChI is InChI=1S/C18H12ClF2N3O3S/c19-9-1-3-10(4-2-9)27-7-16-23-15(8-28-16)18(26)24-14-5-11(17(22)25)12(20)6-13(14)21/h1-6,8H,7H2,(H2,22,25)(H,24,26). The molecule has 2 amide bonds. The first kappa shape index (κ1) is 19.7. The second kappa shape index (κ2) is 8.32. The molecule has 0 saturated carbocycles. The molecule has 0 saturated heterocycles. The Morgan fingerprint density at radius 1 is 1.18 bits per heavy atom. The van der Waals surface area contributed by atoms with Crippen LogP contribution < -0.4 is 15.8 Å². The number of anilines is 1. The summed E-state index contributed by atoms with van der Waals surface area (Å²) < 4.78 is 32.9. The van der Waals surface area contributed by atoms with E-state index in [1.807, 2.05) is 0 Å². The number of amides is 2. The normalized spacial score (nSPS) is 10.5. The molecule has 3 N–H and O–H groups in total. The van der Waals surface area contributed by atoms with E-state index in [-0.39, 0.29) is 18.0 Å². The Bertz CT molecular complexity index is 1040. The fraction of sp³-hybridized carbons (Fsp3) is 0.0556. The van der Waals surface area contributed by atoms with Crippen LogP contribution in [-0.2, 0) is 6.61 Å². The van der Waals surface area contributed by atoms with Crippen molar-refractivity contribution in [3.8, 4) is 5.75 Å². The van der Waals surface area contributed by atoms with E-state index < -0.39 is 29.0 Å². The van der Waals surface area contributed by atoms with Gasteiger partial charge in [0.05, 0.1) is 11.3 Å². The first-order valence-corrected chi connectivity index (χ1v) is 9.02. The van der Waals surface area contributed by atoms with Crippen LogP contribution in [0.4, 0.5) is 14.5 Å². The largest absolute Gasteiger partial charge is 0.486 e. The minimum Gasteiger partial charge on any atom is -0.486 e. The Balaban J connectivity index is 1.68. The molecule has 28 heavy (non-hydrogen) atoms. The third kappa shape index (κ3) is 4.62. The lowest BCUT2D eigenvalue weighted by atomic mass is 10.1. The minimum absolute atomic E-state index is 0.0176. The number of thiazole rings is 1. The predicted octanol–water partition coefficient (Wildman–Crippen LogP) is 4.00. The third-order valence-electron chi connectivity index (χ3n) is 3.53.